The molecule has 0 atom stereocenters. The van der Waals surface area contributed by atoms with Crippen LogP contribution in [0.15, 0.2) is 35.2 Å². The second kappa shape index (κ2) is 6.79. The average molecular weight is 461 g/mol. The zero-order valence-corrected chi connectivity index (χ0v) is 16.7. The molecule has 0 aliphatic carbocycles. The summed E-state index contributed by atoms with van der Waals surface area (Å²) in [6.07, 6.45) is 0. The molecule has 24 heavy (non-hydrogen) atoms. The van der Waals surface area contributed by atoms with Gasteiger partial charge in [-0.3, -0.25) is 4.79 Å². The van der Waals surface area contributed by atoms with Crippen molar-refractivity contribution in [2.24, 2.45) is 0 Å². The highest BCUT2D eigenvalue weighted by Crippen LogP contribution is 2.32. The normalized spacial score (nSPS) is 11.4. The Morgan fingerprint density at radius 2 is 1.62 bits per heavy atom. The van der Waals surface area contributed by atoms with Crippen molar-refractivity contribution in [1.29, 1.82) is 0 Å². The van der Waals surface area contributed by atoms with E-state index in [1.54, 1.807) is 26.0 Å². The number of hydrogen-bond donors (Lipinski definition) is 0. The summed E-state index contributed by atoms with van der Waals surface area (Å²) >= 11 is 1.82. The van der Waals surface area contributed by atoms with E-state index in [9.17, 15) is 17.6 Å². The molecule has 0 aliphatic rings. The third-order valence-corrected chi connectivity index (χ3v) is 6.48. The molecule has 2 aromatic carbocycles. The molecule has 0 heterocycles. The van der Waals surface area contributed by atoms with Crippen LogP contribution >= 0.6 is 22.6 Å². The number of benzene rings is 2. The van der Waals surface area contributed by atoms with Gasteiger partial charge in [0.1, 0.15) is 5.82 Å². The predicted molar refractivity (Wildman–Crippen MR) is 100 cm³/mol. The van der Waals surface area contributed by atoms with Crippen LogP contribution in [0.3, 0.4) is 0 Å². The van der Waals surface area contributed by atoms with Crippen LogP contribution in [0.5, 0.6) is 0 Å². The Hall–Kier alpha value is -1.48. The van der Waals surface area contributed by atoms with Gasteiger partial charge in [0.25, 0.3) is 10.0 Å². The molecule has 0 saturated carbocycles. The van der Waals surface area contributed by atoms with Gasteiger partial charge in [-0.05, 0) is 72.7 Å². The van der Waals surface area contributed by atoms with Crippen molar-refractivity contribution in [1.82, 2.24) is 0 Å². The van der Waals surface area contributed by atoms with Crippen molar-refractivity contribution < 1.29 is 17.6 Å². The maximum Gasteiger partial charge on any atom is 0.271 e. The van der Waals surface area contributed by atoms with E-state index < -0.39 is 21.7 Å². The van der Waals surface area contributed by atoms with Gasteiger partial charge >= 0.3 is 0 Å². The van der Waals surface area contributed by atoms with Crippen LogP contribution in [0.25, 0.3) is 0 Å². The zero-order valence-electron chi connectivity index (χ0n) is 13.7. The fourth-order valence-corrected chi connectivity index (χ4v) is 5.53. The minimum absolute atomic E-state index is 0.100. The summed E-state index contributed by atoms with van der Waals surface area (Å²) in [6.45, 7) is 6.44. The van der Waals surface area contributed by atoms with Crippen molar-refractivity contribution in [2.75, 3.05) is 4.31 Å². The Kier molecular flexibility index (Phi) is 5.34. The molecule has 0 N–H and O–H groups in total. The van der Waals surface area contributed by atoms with Crippen molar-refractivity contribution in [3.8, 4) is 0 Å². The number of sulfonamides is 1. The van der Waals surface area contributed by atoms with Gasteiger partial charge in [-0.25, -0.2) is 17.1 Å². The molecule has 0 fully saturated rings. The van der Waals surface area contributed by atoms with E-state index in [4.69, 9.17) is 0 Å². The van der Waals surface area contributed by atoms with Gasteiger partial charge in [0.05, 0.1) is 10.6 Å². The van der Waals surface area contributed by atoms with Gasteiger partial charge in [-0.1, -0.05) is 17.7 Å². The minimum atomic E-state index is -4.11. The second-order valence-electron chi connectivity index (χ2n) is 5.61. The van der Waals surface area contributed by atoms with E-state index >= 15 is 0 Å². The van der Waals surface area contributed by atoms with E-state index in [0.29, 0.717) is 14.7 Å². The third-order valence-electron chi connectivity index (χ3n) is 3.52. The van der Waals surface area contributed by atoms with Crippen LogP contribution in [-0.2, 0) is 14.8 Å². The third kappa shape index (κ3) is 3.46. The Morgan fingerprint density at radius 3 is 2.08 bits per heavy atom. The molecule has 0 unspecified atom stereocenters. The highest BCUT2D eigenvalue weighted by molar-refractivity contribution is 14.1. The summed E-state index contributed by atoms with van der Waals surface area (Å²) in [4.78, 5) is 12.2. The molecule has 0 aromatic heterocycles. The molecule has 2 aromatic rings. The van der Waals surface area contributed by atoms with Crippen molar-refractivity contribution in [2.45, 2.75) is 32.6 Å². The molecular weight excluding hydrogens is 444 g/mol. The van der Waals surface area contributed by atoms with Crippen molar-refractivity contribution >= 4 is 44.2 Å². The first-order chi connectivity index (χ1) is 11.1. The topological polar surface area (TPSA) is 54.5 Å². The predicted octanol–water partition coefficient (Wildman–Crippen LogP) is 4.10. The van der Waals surface area contributed by atoms with Crippen LogP contribution in [0.4, 0.5) is 10.1 Å². The number of rotatable bonds is 3. The monoisotopic (exact) mass is 461 g/mol. The zero-order chi connectivity index (χ0) is 18.2. The summed E-state index contributed by atoms with van der Waals surface area (Å²) < 4.78 is 40.8. The molecule has 0 radical (unpaired) electrons. The molecule has 4 nitrogen and oxygen atoms in total. The van der Waals surface area contributed by atoms with Crippen molar-refractivity contribution in [3.05, 3.63) is 56.4 Å². The molecule has 1 amide bonds. The van der Waals surface area contributed by atoms with E-state index in [0.717, 1.165) is 15.9 Å². The number of aryl methyl sites for hydroxylation is 3. The highest BCUT2D eigenvalue weighted by atomic mass is 127. The summed E-state index contributed by atoms with van der Waals surface area (Å²) in [5.74, 6) is -1.15. The van der Waals surface area contributed by atoms with Gasteiger partial charge in [0.15, 0.2) is 0 Å². The van der Waals surface area contributed by atoms with Crippen LogP contribution in [0.2, 0.25) is 0 Å². The standard InChI is InChI=1S/C17H17FINO3S/c1-10-7-11(2)17(12(3)8-10)24(22,23)20(13(4)21)16-6-5-14(18)9-15(16)19/h5-9H,1-4H3. The molecule has 2 rings (SSSR count). The van der Waals surface area contributed by atoms with Crippen LogP contribution in [-0.4, -0.2) is 14.3 Å². The minimum Gasteiger partial charge on any atom is -0.274 e. The van der Waals surface area contributed by atoms with Gasteiger partial charge in [0, 0.05) is 10.5 Å². The van der Waals surface area contributed by atoms with Gasteiger partial charge in [-0.15, -0.1) is 0 Å². The molecule has 0 aliphatic heterocycles. The molecule has 128 valence electrons. The molecular formula is C17H17FINO3S. The Bertz CT molecular complexity index is 902. The summed E-state index contributed by atoms with van der Waals surface area (Å²) in [5.41, 5.74) is 2.21. The molecule has 0 spiro atoms. The largest absolute Gasteiger partial charge is 0.274 e. The molecule has 0 bridgehead atoms. The first-order valence-electron chi connectivity index (χ1n) is 7.14. The first-order valence-corrected chi connectivity index (χ1v) is 9.66. The quantitative estimate of drug-likeness (QED) is 0.647. The SMILES string of the molecule is CC(=O)N(c1ccc(F)cc1I)S(=O)(=O)c1c(C)cc(C)cc1C. The van der Waals surface area contributed by atoms with E-state index in [2.05, 4.69) is 0 Å². The van der Waals surface area contributed by atoms with Crippen LogP contribution < -0.4 is 4.31 Å². The highest BCUT2D eigenvalue weighted by Gasteiger charge is 2.32. The summed E-state index contributed by atoms with van der Waals surface area (Å²) in [6, 6.07) is 7.14. The summed E-state index contributed by atoms with van der Waals surface area (Å²) in [5, 5.41) is 0. The number of amides is 1. The van der Waals surface area contributed by atoms with E-state index in [-0.39, 0.29) is 10.6 Å². The lowest BCUT2D eigenvalue weighted by Crippen LogP contribution is -2.36. The van der Waals surface area contributed by atoms with E-state index in [1.807, 2.05) is 29.5 Å². The smallest absolute Gasteiger partial charge is 0.271 e. The maximum atomic E-state index is 13.3. The number of halogens is 2. The number of hydrogen-bond acceptors (Lipinski definition) is 3. The van der Waals surface area contributed by atoms with Crippen LogP contribution in [0.1, 0.15) is 23.6 Å². The fourth-order valence-electron chi connectivity index (χ4n) is 2.78. The fraction of sp³-hybridized carbons (Fsp3) is 0.235. The van der Waals surface area contributed by atoms with Crippen molar-refractivity contribution in [3.63, 3.8) is 0 Å². The number of carbonyl (C=O) groups is 1. The first kappa shape index (κ1) is 18.9. The van der Waals surface area contributed by atoms with E-state index in [1.165, 1.54) is 19.1 Å². The summed E-state index contributed by atoms with van der Waals surface area (Å²) in [7, 11) is -4.11. The second-order valence-corrected chi connectivity index (χ2v) is 8.50. The average Bonchev–Trinajstić information content (AvgIpc) is 2.39. The number of carbonyl (C=O) groups excluding carboxylic acids is 1. The van der Waals surface area contributed by atoms with Crippen LogP contribution in [0, 0.1) is 30.2 Å². The molecule has 0 saturated heterocycles. The lowest BCUT2D eigenvalue weighted by molar-refractivity contribution is -0.115. The lowest BCUT2D eigenvalue weighted by Gasteiger charge is -2.24. The Morgan fingerprint density at radius 1 is 1.08 bits per heavy atom. The van der Waals surface area contributed by atoms with Gasteiger partial charge < -0.3 is 0 Å². The number of nitrogens with zero attached hydrogens (tertiary/aromatic N) is 1. The number of anilines is 1. The maximum absolute atomic E-state index is 13.3. The van der Waals surface area contributed by atoms with Gasteiger partial charge in [-0.2, -0.15) is 0 Å². The van der Waals surface area contributed by atoms with Gasteiger partial charge in [0.2, 0.25) is 5.91 Å². The Balaban J connectivity index is 2.74. The lowest BCUT2D eigenvalue weighted by atomic mass is 10.1. The Labute approximate surface area is 154 Å². The molecule has 7 heteroatoms.